The van der Waals surface area contributed by atoms with Gasteiger partial charge in [0, 0.05) is 11.8 Å². The number of hydrogen-bond acceptors (Lipinski definition) is 2. The van der Waals surface area contributed by atoms with Crippen molar-refractivity contribution in [2.24, 2.45) is 5.92 Å². The molecule has 3 aromatic rings. The lowest BCUT2D eigenvalue weighted by atomic mass is 9.97. The highest BCUT2D eigenvalue weighted by Gasteiger charge is 2.44. The molecule has 0 saturated heterocycles. The van der Waals surface area contributed by atoms with Crippen molar-refractivity contribution in [2.45, 2.75) is 12.6 Å². The second-order valence-electron chi connectivity index (χ2n) is 7.31. The molecule has 2 N–H and O–H groups in total. The van der Waals surface area contributed by atoms with Crippen molar-refractivity contribution in [1.82, 2.24) is 0 Å². The van der Waals surface area contributed by atoms with E-state index in [0.717, 1.165) is 48.5 Å². The van der Waals surface area contributed by atoms with Crippen LogP contribution in [-0.4, -0.2) is 18.0 Å². The number of anilines is 2. The second kappa shape index (κ2) is 10.6. The predicted molar refractivity (Wildman–Crippen MR) is 119 cm³/mol. The normalized spacial score (nSPS) is 12.2. The fraction of sp³-hybridized carbons (Fsp3) is 0.130. The zero-order valence-corrected chi connectivity index (χ0v) is 18.8. The van der Waals surface area contributed by atoms with Crippen molar-refractivity contribution in [1.29, 1.82) is 0 Å². The molecule has 35 heavy (non-hydrogen) atoms. The summed E-state index contributed by atoms with van der Waals surface area (Å²) in [5, 5.41) is 3.70. The Labute approximate surface area is 204 Å². The molecule has 0 aliphatic rings. The Hall–Kier alpha value is -3.24. The van der Waals surface area contributed by atoms with Gasteiger partial charge in [-0.25, -0.2) is 13.2 Å². The molecule has 1 unspecified atom stereocenters. The molecule has 0 aromatic heterocycles. The Bertz CT molecular complexity index is 1280. The van der Waals surface area contributed by atoms with E-state index in [1.54, 1.807) is 0 Å². The SMILES string of the molecule is O=C(Nc1ccc(F)cc1F)c1cc(NC(=O)C(Cc2ccc(F)c(Cl)c2)C(F)(F)F)ccc1Cl. The summed E-state index contributed by atoms with van der Waals surface area (Å²) in [7, 11) is 0. The van der Waals surface area contributed by atoms with Crippen molar-refractivity contribution >= 4 is 46.4 Å². The number of nitrogens with one attached hydrogen (secondary N) is 2. The molecule has 0 saturated carbocycles. The minimum atomic E-state index is -4.96. The van der Waals surface area contributed by atoms with Gasteiger partial charge in [0.05, 0.1) is 21.3 Å². The molecular weight excluding hydrogens is 521 g/mol. The van der Waals surface area contributed by atoms with E-state index in [4.69, 9.17) is 23.2 Å². The highest BCUT2D eigenvalue weighted by molar-refractivity contribution is 6.34. The third-order valence-corrected chi connectivity index (χ3v) is 5.41. The molecule has 0 heterocycles. The average molecular weight is 535 g/mol. The number of alkyl halides is 3. The number of hydrogen-bond donors (Lipinski definition) is 2. The number of amides is 2. The van der Waals surface area contributed by atoms with Crippen LogP contribution >= 0.6 is 23.2 Å². The Balaban J connectivity index is 1.81. The van der Waals surface area contributed by atoms with Gasteiger partial charge in [-0.1, -0.05) is 29.3 Å². The van der Waals surface area contributed by atoms with Crippen molar-refractivity contribution in [3.05, 3.63) is 93.2 Å². The Morgan fingerprint density at radius 2 is 1.54 bits per heavy atom. The maximum atomic E-state index is 13.8. The van der Waals surface area contributed by atoms with Gasteiger partial charge in [0.1, 0.15) is 23.4 Å². The van der Waals surface area contributed by atoms with Gasteiger partial charge in [0.2, 0.25) is 5.91 Å². The van der Waals surface area contributed by atoms with Crippen LogP contribution in [0.15, 0.2) is 54.6 Å². The Kier molecular flexibility index (Phi) is 7.97. The monoisotopic (exact) mass is 534 g/mol. The molecule has 2 amide bonds. The van der Waals surface area contributed by atoms with E-state index >= 15 is 0 Å². The molecule has 4 nitrogen and oxygen atoms in total. The average Bonchev–Trinajstić information content (AvgIpc) is 2.76. The summed E-state index contributed by atoms with van der Waals surface area (Å²) in [6.07, 6.45) is -5.78. The van der Waals surface area contributed by atoms with E-state index < -0.39 is 52.8 Å². The largest absolute Gasteiger partial charge is 0.400 e. The zero-order valence-electron chi connectivity index (χ0n) is 17.3. The second-order valence-corrected chi connectivity index (χ2v) is 8.12. The van der Waals surface area contributed by atoms with Crippen molar-refractivity contribution in [2.75, 3.05) is 10.6 Å². The molecule has 3 rings (SSSR count). The standard InChI is InChI=1S/C23H14Cl2F6N2O2/c24-16-4-3-13(10-14(16)21(34)33-20-6-2-12(26)9-19(20)28)32-22(35)15(23(29,30)31)7-11-1-5-18(27)17(25)8-11/h1-6,8-10,15H,7H2,(H,32,35)(H,33,34). The first-order valence-electron chi connectivity index (χ1n) is 9.72. The quantitative estimate of drug-likeness (QED) is 0.334. The molecule has 3 aromatic carbocycles. The maximum absolute atomic E-state index is 13.8. The topological polar surface area (TPSA) is 58.2 Å². The van der Waals surface area contributed by atoms with Crippen molar-refractivity contribution in [3.8, 4) is 0 Å². The van der Waals surface area contributed by atoms with Gasteiger partial charge < -0.3 is 10.6 Å². The highest BCUT2D eigenvalue weighted by atomic mass is 35.5. The first kappa shape index (κ1) is 26.4. The van der Waals surface area contributed by atoms with Gasteiger partial charge in [-0.3, -0.25) is 9.59 Å². The summed E-state index contributed by atoms with van der Waals surface area (Å²) in [6.45, 7) is 0. The van der Waals surface area contributed by atoms with Gasteiger partial charge in [-0.2, -0.15) is 13.2 Å². The van der Waals surface area contributed by atoms with E-state index in [-0.39, 0.29) is 27.5 Å². The van der Waals surface area contributed by atoms with Crippen LogP contribution in [0.4, 0.5) is 37.7 Å². The Morgan fingerprint density at radius 3 is 2.17 bits per heavy atom. The third kappa shape index (κ3) is 6.67. The minimum Gasteiger partial charge on any atom is -0.326 e. The predicted octanol–water partition coefficient (Wildman–Crippen LogP) is 7.02. The molecule has 0 fully saturated rings. The van der Waals surface area contributed by atoms with Crippen LogP contribution in [0.2, 0.25) is 10.0 Å². The maximum Gasteiger partial charge on any atom is 0.400 e. The minimum absolute atomic E-state index is 0.0219. The molecule has 0 spiro atoms. The van der Waals surface area contributed by atoms with Gasteiger partial charge in [-0.15, -0.1) is 0 Å². The molecule has 184 valence electrons. The summed E-state index contributed by atoms with van der Waals surface area (Å²) in [4.78, 5) is 25.0. The lowest BCUT2D eigenvalue weighted by Gasteiger charge is -2.20. The van der Waals surface area contributed by atoms with E-state index in [2.05, 4.69) is 10.6 Å². The first-order valence-corrected chi connectivity index (χ1v) is 10.5. The lowest BCUT2D eigenvalue weighted by molar-refractivity contribution is -0.179. The highest BCUT2D eigenvalue weighted by Crippen LogP contribution is 2.32. The van der Waals surface area contributed by atoms with Crippen LogP contribution in [-0.2, 0) is 11.2 Å². The Morgan fingerprint density at radius 1 is 0.829 bits per heavy atom. The van der Waals surface area contributed by atoms with Crippen LogP contribution < -0.4 is 10.6 Å². The van der Waals surface area contributed by atoms with Crippen LogP contribution in [0.5, 0.6) is 0 Å². The number of rotatable bonds is 6. The lowest BCUT2D eigenvalue weighted by Crippen LogP contribution is -2.36. The van der Waals surface area contributed by atoms with Gasteiger partial charge >= 0.3 is 6.18 Å². The summed E-state index contributed by atoms with van der Waals surface area (Å²) in [5.74, 6) is -7.68. The fourth-order valence-corrected chi connectivity index (χ4v) is 3.45. The summed E-state index contributed by atoms with van der Waals surface area (Å²) in [6, 6.07) is 8.68. The molecule has 0 aliphatic heterocycles. The van der Waals surface area contributed by atoms with E-state index in [1.807, 2.05) is 0 Å². The smallest absolute Gasteiger partial charge is 0.326 e. The van der Waals surface area contributed by atoms with E-state index in [9.17, 15) is 35.9 Å². The van der Waals surface area contributed by atoms with Crippen molar-refractivity contribution in [3.63, 3.8) is 0 Å². The summed E-state index contributed by atoms with van der Waals surface area (Å²) in [5.41, 5.74) is -0.874. The number of halogens is 8. The van der Waals surface area contributed by atoms with Crippen LogP contribution in [0.25, 0.3) is 0 Å². The number of carbonyl (C=O) groups excluding carboxylic acids is 2. The van der Waals surface area contributed by atoms with Gasteiger partial charge in [-0.05, 0) is 54.4 Å². The number of carbonyl (C=O) groups is 2. The number of benzene rings is 3. The van der Waals surface area contributed by atoms with Crippen LogP contribution in [0.3, 0.4) is 0 Å². The van der Waals surface area contributed by atoms with Gasteiger partial charge in [0.15, 0.2) is 0 Å². The van der Waals surface area contributed by atoms with E-state index in [1.165, 1.54) is 0 Å². The molecule has 12 heteroatoms. The molecule has 1 atom stereocenters. The van der Waals surface area contributed by atoms with Crippen LogP contribution in [0.1, 0.15) is 15.9 Å². The molecular formula is C23H14Cl2F6N2O2. The third-order valence-electron chi connectivity index (χ3n) is 4.79. The van der Waals surface area contributed by atoms with Crippen molar-refractivity contribution < 1.29 is 35.9 Å². The summed E-state index contributed by atoms with van der Waals surface area (Å²) < 4.78 is 81.0. The first-order chi connectivity index (χ1) is 16.3. The summed E-state index contributed by atoms with van der Waals surface area (Å²) >= 11 is 11.6. The van der Waals surface area contributed by atoms with Gasteiger partial charge in [0.25, 0.3) is 5.91 Å². The van der Waals surface area contributed by atoms with E-state index in [0.29, 0.717) is 6.07 Å². The van der Waals surface area contributed by atoms with Crippen LogP contribution in [0, 0.1) is 23.4 Å². The molecule has 0 bridgehead atoms. The fourth-order valence-electron chi connectivity index (χ4n) is 3.05. The molecule has 0 aliphatic carbocycles. The zero-order chi connectivity index (χ0) is 25.9. The molecule has 0 radical (unpaired) electrons.